The number of hydrogen-bond donors (Lipinski definition) is 1. The molecule has 1 rings (SSSR count). The van der Waals surface area contributed by atoms with Gasteiger partial charge in [0.05, 0.1) is 0 Å². The minimum absolute atomic E-state index is 0.824. The van der Waals surface area contributed by atoms with Crippen molar-refractivity contribution >= 4 is 11.3 Å². The second kappa shape index (κ2) is 7.85. The third kappa shape index (κ3) is 4.78. The Kier molecular flexibility index (Phi) is 6.64. The Bertz CT molecular complexity index is 260. The van der Waals surface area contributed by atoms with Crippen molar-refractivity contribution in [1.29, 1.82) is 0 Å². The van der Waals surface area contributed by atoms with Crippen LogP contribution in [0.2, 0.25) is 0 Å². The fourth-order valence-corrected chi connectivity index (χ4v) is 2.43. The van der Waals surface area contributed by atoms with Gasteiger partial charge in [-0.05, 0) is 43.3 Å². The Balaban J connectivity index is 2.09. The highest BCUT2D eigenvalue weighted by atomic mass is 32.1. The maximum atomic E-state index is 5.28. The first-order valence-corrected chi connectivity index (χ1v) is 6.60. The van der Waals surface area contributed by atoms with Crippen molar-refractivity contribution in [2.45, 2.75) is 33.2 Å². The molecule has 1 N–H and O–H groups in total. The van der Waals surface area contributed by atoms with Crippen molar-refractivity contribution < 1.29 is 4.74 Å². The molecule has 0 saturated heterocycles. The van der Waals surface area contributed by atoms with E-state index in [-0.39, 0.29) is 0 Å². The lowest BCUT2D eigenvalue weighted by Gasteiger charge is -2.05. The molecule has 15 heavy (non-hydrogen) atoms. The highest BCUT2D eigenvalue weighted by molar-refractivity contribution is 7.10. The number of rotatable bonds is 8. The van der Waals surface area contributed by atoms with Crippen LogP contribution in [0.5, 0.6) is 0 Å². The first kappa shape index (κ1) is 12.7. The van der Waals surface area contributed by atoms with E-state index in [2.05, 4.69) is 23.7 Å². The van der Waals surface area contributed by atoms with Crippen molar-refractivity contribution in [3.05, 3.63) is 21.9 Å². The average Bonchev–Trinajstić information content (AvgIpc) is 2.70. The number of ether oxygens (including phenoxy) is 1. The zero-order valence-corrected chi connectivity index (χ0v) is 10.5. The number of aryl methyl sites for hydroxylation is 1. The van der Waals surface area contributed by atoms with Gasteiger partial charge in [0.25, 0.3) is 0 Å². The normalized spacial score (nSPS) is 10.8. The van der Waals surface area contributed by atoms with Crippen LogP contribution in [0.1, 0.15) is 30.7 Å². The molecule has 0 aliphatic rings. The average molecular weight is 227 g/mol. The molecular weight excluding hydrogens is 206 g/mol. The van der Waals surface area contributed by atoms with Gasteiger partial charge in [-0.15, -0.1) is 11.3 Å². The summed E-state index contributed by atoms with van der Waals surface area (Å²) in [5.74, 6) is 0. The zero-order valence-electron chi connectivity index (χ0n) is 9.71. The molecule has 0 unspecified atom stereocenters. The molecule has 0 aliphatic carbocycles. The summed E-state index contributed by atoms with van der Waals surface area (Å²) in [4.78, 5) is 1.48. The first-order valence-electron chi connectivity index (χ1n) is 5.72. The van der Waals surface area contributed by atoms with Gasteiger partial charge >= 0.3 is 0 Å². The van der Waals surface area contributed by atoms with Gasteiger partial charge in [-0.1, -0.05) is 6.92 Å². The monoisotopic (exact) mass is 227 g/mol. The Labute approximate surface area is 96.7 Å². The van der Waals surface area contributed by atoms with Crippen molar-refractivity contribution in [2.24, 2.45) is 0 Å². The molecule has 0 atom stereocenters. The Morgan fingerprint density at radius 3 is 3.00 bits per heavy atom. The van der Waals surface area contributed by atoms with E-state index in [0.717, 1.165) is 39.1 Å². The lowest BCUT2D eigenvalue weighted by Crippen LogP contribution is -2.16. The summed E-state index contributed by atoms with van der Waals surface area (Å²) in [6.07, 6.45) is 2.24. The molecule has 1 heterocycles. The van der Waals surface area contributed by atoms with Crippen molar-refractivity contribution in [1.82, 2.24) is 5.32 Å². The highest BCUT2D eigenvalue weighted by Gasteiger charge is 2.00. The third-order valence-electron chi connectivity index (χ3n) is 2.35. The van der Waals surface area contributed by atoms with Crippen molar-refractivity contribution in [2.75, 3.05) is 19.8 Å². The van der Waals surface area contributed by atoms with Crippen LogP contribution in [0.4, 0.5) is 0 Å². The second-order valence-corrected chi connectivity index (χ2v) is 4.45. The molecule has 0 radical (unpaired) electrons. The van der Waals surface area contributed by atoms with E-state index in [4.69, 9.17) is 4.74 Å². The van der Waals surface area contributed by atoms with Crippen LogP contribution in [0.25, 0.3) is 0 Å². The van der Waals surface area contributed by atoms with Gasteiger partial charge in [0, 0.05) is 24.6 Å². The van der Waals surface area contributed by atoms with E-state index in [9.17, 15) is 0 Å². The quantitative estimate of drug-likeness (QED) is 0.690. The van der Waals surface area contributed by atoms with Crippen molar-refractivity contribution in [3.63, 3.8) is 0 Å². The topological polar surface area (TPSA) is 21.3 Å². The van der Waals surface area contributed by atoms with E-state index < -0.39 is 0 Å². The number of nitrogens with one attached hydrogen (secondary N) is 1. The summed E-state index contributed by atoms with van der Waals surface area (Å²) in [6.45, 7) is 7.99. The summed E-state index contributed by atoms with van der Waals surface area (Å²) in [5.41, 5.74) is 1.48. The van der Waals surface area contributed by atoms with Crippen LogP contribution in [0.15, 0.2) is 11.4 Å². The minimum atomic E-state index is 0.824. The van der Waals surface area contributed by atoms with Gasteiger partial charge in [0.15, 0.2) is 0 Å². The van der Waals surface area contributed by atoms with E-state index in [1.165, 1.54) is 10.4 Å². The predicted molar refractivity (Wildman–Crippen MR) is 66.5 cm³/mol. The number of thiophene rings is 1. The molecule has 0 fully saturated rings. The molecule has 2 nitrogen and oxygen atoms in total. The molecule has 0 saturated carbocycles. The standard InChI is InChI=1S/C12H21NOS/c1-3-11-6-9-15-12(11)10-13-7-5-8-14-4-2/h6,9,13H,3-5,7-8,10H2,1-2H3. The van der Waals surface area contributed by atoms with Crippen molar-refractivity contribution in [3.8, 4) is 0 Å². The molecule has 0 spiro atoms. The van der Waals surface area contributed by atoms with Gasteiger partial charge in [-0.25, -0.2) is 0 Å². The van der Waals surface area contributed by atoms with Crippen LogP contribution in [0, 0.1) is 0 Å². The Morgan fingerprint density at radius 1 is 1.40 bits per heavy atom. The van der Waals surface area contributed by atoms with Crippen LogP contribution in [-0.4, -0.2) is 19.8 Å². The lowest BCUT2D eigenvalue weighted by atomic mass is 10.2. The fourth-order valence-electron chi connectivity index (χ4n) is 1.48. The van der Waals surface area contributed by atoms with Gasteiger partial charge < -0.3 is 10.1 Å². The lowest BCUT2D eigenvalue weighted by molar-refractivity contribution is 0.144. The molecule has 86 valence electrons. The largest absolute Gasteiger partial charge is 0.382 e. The molecular formula is C12H21NOS. The van der Waals surface area contributed by atoms with Crippen LogP contribution in [0.3, 0.4) is 0 Å². The molecule has 3 heteroatoms. The van der Waals surface area contributed by atoms with Gasteiger partial charge in [0.2, 0.25) is 0 Å². The van der Waals surface area contributed by atoms with Gasteiger partial charge in [-0.3, -0.25) is 0 Å². The van der Waals surface area contributed by atoms with Crippen LogP contribution >= 0.6 is 11.3 Å². The number of hydrogen-bond acceptors (Lipinski definition) is 3. The SMILES string of the molecule is CCOCCCNCc1sccc1CC. The second-order valence-electron chi connectivity index (χ2n) is 3.45. The predicted octanol–water partition coefficient (Wildman–Crippen LogP) is 2.83. The maximum absolute atomic E-state index is 5.28. The Hall–Kier alpha value is -0.380. The molecule has 1 aromatic heterocycles. The first-order chi connectivity index (χ1) is 7.38. The van der Waals surface area contributed by atoms with Crippen LogP contribution in [-0.2, 0) is 17.7 Å². The highest BCUT2D eigenvalue weighted by Crippen LogP contribution is 2.16. The summed E-state index contributed by atoms with van der Waals surface area (Å²) in [5, 5.41) is 5.63. The van der Waals surface area contributed by atoms with Crippen LogP contribution < -0.4 is 5.32 Å². The molecule has 0 bridgehead atoms. The summed E-state index contributed by atoms with van der Waals surface area (Å²) in [7, 11) is 0. The van der Waals surface area contributed by atoms with E-state index in [0.29, 0.717) is 0 Å². The summed E-state index contributed by atoms with van der Waals surface area (Å²) in [6, 6.07) is 2.22. The molecule has 0 aromatic carbocycles. The van der Waals surface area contributed by atoms with E-state index >= 15 is 0 Å². The smallest absolute Gasteiger partial charge is 0.0477 e. The maximum Gasteiger partial charge on any atom is 0.0477 e. The molecule has 0 amide bonds. The summed E-state index contributed by atoms with van der Waals surface area (Å²) >= 11 is 1.85. The molecule has 1 aromatic rings. The Morgan fingerprint density at radius 2 is 2.27 bits per heavy atom. The van der Waals surface area contributed by atoms with E-state index in [1.54, 1.807) is 0 Å². The van der Waals surface area contributed by atoms with E-state index in [1.807, 2.05) is 18.3 Å². The fraction of sp³-hybridized carbons (Fsp3) is 0.667. The minimum Gasteiger partial charge on any atom is -0.382 e. The molecule has 0 aliphatic heterocycles. The van der Waals surface area contributed by atoms with Gasteiger partial charge in [-0.2, -0.15) is 0 Å². The third-order valence-corrected chi connectivity index (χ3v) is 3.31. The summed E-state index contributed by atoms with van der Waals surface area (Å²) < 4.78 is 5.28. The van der Waals surface area contributed by atoms with Gasteiger partial charge in [0.1, 0.15) is 0 Å². The zero-order chi connectivity index (χ0) is 10.9.